The maximum atomic E-state index is 12.7. The zero-order valence-corrected chi connectivity index (χ0v) is 11.8. The molecule has 0 radical (unpaired) electrons. The first-order valence-corrected chi connectivity index (χ1v) is 6.18. The minimum atomic E-state index is -4.56. The Hall–Kier alpha value is -1.80. The first kappa shape index (κ1) is 17.3. The van der Waals surface area contributed by atoms with E-state index in [4.69, 9.17) is 10.5 Å². The number of likely N-dealkylation sites (N-methyl/N-ethyl adjacent to an activating group) is 1. The van der Waals surface area contributed by atoms with E-state index in [0.29, 0.717) is 13.2 Å². The van der Waals surface area contributed by atoms with Crippen molar-refractivity contribution >= 4 is 17.3 Å². The number of nitrogen functional groups attached to an aromatic ring is 1. The third kappa shape index (κ3) is 5.60. The smallest absolute Gasteiger partial charge is 0.398 e. The van der Waals surface area contributed by atoms with Crippen LogP contribution in [0.2, 0.25) is 0 Å². The Morgan fingerprint density at radius 1 is 1.43 bits per heavy atom. The zero-order chi connectivity index (χ0) is 16.0. The van der Waals surface area contributed by atoms with Crippen LogP contribution in [0.25, 0.3) is 0 Å². The second kappa shape index (κ2) is 7.28. The summed E-state index contributed by atoms with van der Waals surface area (Å²) >= 11 is 0. The quantitative estimate of drug-likeness (QED) is 0.787. The van der Waals surface area contributed by atoms with E-state index in [1.807, 2.05) is 0 Å². The zero-order valence-electron chi connectivity index (χ0n) is 11.8. The van der Waals surface area contributed by atoms with Crippen LogP contribution in [-0.4, -0.2) is 44.7 Å². The Balaban J connectivity index is 2.69. The topological polar surface area (TPSA) is 67.6 Å². The number of nitrogens with zero attached hydrogens (tertiary/aromatic N) is 1. The van der Waals surface area contributed by atoms with Crippen LogP contribution < -0.4 is 11.1 Å². The molecular formula is C13H18F3N3O2. The van der Waals surface area contributed by atoms with Gasteiger partial charge in [0.15, 0.2) is 0 Å². The molecule has 5 nitrogen and oxygen atoms in total. The van der Waals surface area contributed by atoms with E-state index < -0.39 is 17.6 Å². The van der Waals surface area contributed by atoms with Gasteiger partial charge < -0.3 is 15.8 Å². The normalized spacial score (nSPS) is 11.7. The number of amides is 1. The first-order chi connectivity index (χ1) is 9.74. The highest BCUT2D eigenvalue weighted by Crippen LogP contribution is 2.35. The molecule has 0 spiro atoms. The van der Waals surface area contributed by atoms with Crippen molar-refractivity contribution in [3.05, 3.63) is 23.8 Å². The second-order valence-electron chi connectivity index (χ2n) is 4.58. The lowest BCUT2D eigenvalue weighted by Gasteiger charge is -2.16. The molecule has 1 amide bonds. The van der Waals surface area contributed by atoms with Crippen LogP contribution in [0.4, 0.5) is 24.5 Å². The van der Waals surface area contributed by atoms with Crippen LogP contribution in [0.5, 0.6) is 0 Å². The number of carbonyl (C=O) groups excluding carboxylic acids is 1. The Kier molecular flexibility index (Phi) is 5.98. The summed E-state index contributed by atoms with van der Waals surface area (Å²) in [5, 5.41) is 2.41. The highest BCUT2D eigenvalue weighted by atomic mass is 19.4. The number of carbonyl (C=O) groups is 1. The summed E-state index contributed by atoms with van der Waals surface area (Å²) in [7, 11) is 3.25. The van der Waals surface area contributed by atoms with Gasteiger partial charge in [-0.05, 0) is 25.2 Å². The van der Waals surface area contributed by atoms with Crippen LogP contribution in [0.15, 0.2) is 18.2 Å². The number of rotatable bonds is 6. The fourth-order valence-electron chi connectivity index (χ4n) is 1.65. The predicted molar refractivity (Wildman–Crippen MR) is 73.9 cm³/mol. The summed E-state index contributed by atoms with van der Waals surface area (Å²) in [6.07, 6.45) is -4.56. The van der Waals surface area contributed by atoms with Gasteiger partial charge in [-0.15, -0.1) is 0 Å². The highest BCUT2D eigenvalue weighted by molar-refractivity contribution is 5.92. The van der Waals surface area contributed by atoms with E-state index in [2.05, 4.69) is 5.32 Å². The van der Waals surface area contributed by atoms with Crippen molar-refractivity contribution < 1.29 is 22.7 Å². The summed E-state index contributed by atoms with van der Waals surface area (Å²) in [4.78, 5) is 13.4. The molecule has 3 N–H and O–H groups in total. The lowest BCUT2D eigenvalue weighted by atomic mass is 10.1. The van der Waals surface area contributed by atoms with E-state index in [1.165, 1.54) is 6.07 Å². The minimum Gasteiger partial charge on any atom is -0.398 e. The monoisotopic (exact) mass is 305 g/mol. The van der Waals surface area contributed by atoms with Crippen molar-refractivity contribution in [1.82, 2.24) is 4.90 Å². The summed E-state index contributed by atoms with van der Waals surface area (Å²) in [6.45, 7) is 1.05. The fourth-order valence-corrected chi connectivity index (χ4v) is 1.65. The van der Waals surface area contributed by atoms with E-state index in [1.54, 1.807) is 19.1 Å². The van der Waals surface area contributed by atoms with Crippen molar-refractivity contribution in [2.75, 3.05) is 44.9 Å². The molecule has 21 heavy (non-hydrogen) atoms. The number of nitrogens with one attached hydrogen (secondary N) is 1. The standard InChI is InChI=1S/C13H18F3N3O2/c1-19(5-6-21-2)8-12(20)18-9-3-4-11(17)10(7-9)13(14,15)16/h3-4,7H,5-6,8,17H2,1-2H3,(H,18,20). The van der Waals surface area contributed by atoms with Crippen molar-refractivity contribution in [1.29, 1.82) is 0 Å². The SMILES string of the molecule is COCCN(C)CC(=O)Nc1ccc(N)c(C(F)(F)F)c1. The van der Waals surface area contributed by atoms with E-state index in [0.717, 1.165) is 12.1 Å². The molecule has 1 aromatic rings. The number of halogens is 3. The molecule has 1 aromatic carbocycles. The summed E-state index contributed by atoms with van der Waals surface area (Å²) in [5.74, 6) is -0.411. The maximum Gasteiger partial charge on any atom is 0.418 e. The lowest BCUT2D eigenvalue weighted by Crippen LogP contribution is -2.32. The average Bonchev–Trinajstić information content (AvgIpc) is 2.37. The second-order valence-corrected chi connectivity index (χ2v) is 4.58. The number of alkyl halides is 3. The van der Waals surface area contributed by atoms with Gasteiger partial charge in [0.2, 0.25) is 5.91 Å². The number of ether oxygens (including phenoxy) is 1. The predicted octanol–water partition coefficient (Wildman–Crippen LogP) is 1.80. The number of hydrogen-bond acceptors (Lipinski definition) is 4. The van der Waals surface area contributed by atoms with Gasteiger partial charge in [0.1, 0.15) is 0 Å². The van der Waals surface area contributed by atoms with Crippen LogP contribution in [0, 0.1) is 0 Å². The van der Waals surface area contributed by atoms with Crippen molar-refractivity contribution in [2.24, 2.45) is 0 Å². The van der Waals surface area contributed by atoms with Crippen LogP contribution in [0.3, 0.4) is 0 Å². The van der Waals surface area contributed by atoms with Gasteiger partial charge in [-0.1, -0.05) is 0 Å². The van der Waals surface area contributed by atoms with Gasteiger partial charge in [-0.3, -0.25) is 9.69 Å². The van der Waals surface area contributed by atoms with Gasteiger partial charge in [-0.2, -0.15) is 13.2 Å². The molecule has 1 rings (SSSR count). The molecule has 0 fully saturated rings. The molecule has 0 heterocycles. The molecule has 0 bridgehead atoms. The molecule has 0 aromatic heterocycles. The van der Waals surface area contributed by atoms with Crippen LogP contribution in [0.1, 0.15) is 5.56 Å². The molecule has 0 aliphatic carbocycles. The Morgan fingerprint density at radius 3 is 2.67 bits per heavy atom. The molecule has 0 unspecified atom stereocenters. The fraction of sp³-hybridized carbons (Fsp3) is 0.462. The number of benzene rings is 1. The molecule has 0 saturated carbocycles. The largest absolute Gasteiger partial charge is 0.418 e. The van der Waals surface area contributed by atoms with E-state index in [9.17, 15) is 18.0 Å². The molecule has 0 aliphatic rings. The number of nitrogens with two attached hydrogens (primary N) is 1. The number of anilines is 2. The Labute approximate surface area is 120 Å². The summed E-state index contributed by atoms with van der Waals surface area (Å²) in [5.41, 5.74) is 4.00. The average molecular weight is 305 g/mol. The number of hydrogen-bond donors (Lipinski definition) is 2. The van der Waals surface area contributed by atoms with Crippen LogP contribution in [-0.2, 0) is 15.7 Å². The van der Waals surface area contributed by atoms with Gasteiger partial charge in [-0.25, -0.2) is 0 Å². The third-order valence-corrected chi connectivity index (χ3v) is 2.73. The van der Waals surface area contributed by atoms with Gasteiger partial charge in [0.05, 0.1) is 18.7 Å². The van der Waals surface area contributed by atoms with Crippen LogP contribution >= 0.6 is 0 Å². The summed E-state index contributed by atoms with van der Waals surface area (Å²) < 4.78 is 43.0. The molecule has 0 atom stereocenters. The minimum absolute atomic E-state index is 0.0507. The van der Waals surface area contributed by atoms with Crippen molar-refractivity contribution in [3.8, 4) is 0 Å². The van der Waals surface area contributed by atoms with Gasteiger partial charge >= 0.3 is 6.18 Å². The van der Waals surface area contributed by atoms with Gasteiger partial charge in [0.25, 0.3) is 0 Å². The highest BCUT2D eigenvalue weighted by Gasteiger charge is 2.33. The molecule has 0 aliphatic heterocycles. The van der Waals surface area contributed by atoms with Crippen molar-refractivity contribution in [3.63, 3.8) is 0 Å². The Bertz CT molecular complexity index is 492. The number of methoxy groups -OCH3 is 1. The van der Waals surface area contributed by atoms with Crippen molar-refractivity contribution in [2.45, 2.75) is 6.18 Å². The molecular weight excluding hydrogens is 287 g/mol. The molecule has 8 heteroatoms. The van der Waals surface area contributed by atoms with E-state index in [-0.39, 0.29) is 17.9 Å². The Morgan fingerprint density at radius 2 is 2.10 bits per heavy atom. The molecule has 118 valence electrons. The third-order valence-electron chi connectivity index (χ3n) is 2.73. The maximum absolute atomic E-state index is 12.7. The lowest BCUT2D eigenvalue weighted by molar-refractivity contribution is -0.136. The van der Waals surface area contributed by atoms with E-state index >= 15 is 0 Å². The van der Waals surface area contributed by atoms with Gasteiger partial charge in [0, 0.05) is 25.0 Å². The summed E-state index contributed by atoms with van der Waals surface area (Å²) in [6, 6.07) is 3.27. The first-order valence-electron chi connectivity index (χ1n) is 6.18. The molecule has 0 saturated heterocycles.